The number of hydrogen-bond acceptors (Lipinski definition) is 4. The third kappa shape index (κ3) is 2.13. The highest BCUT2D eigenvalue weighted by atomic mass is 16.6. The molecule has 1 N–H and O–H groups in total. The molecular weight excluding hydrogens is 218 g/mol. The molecule has 4 nitrogen and oxygen atoms in total. The van der Waals surface area contributed by atoms with Gasteiger partial charge in [0.2, 0.25) is 0 Å². The summed E-state index contributed by atoms with van der Waals surface area (Å²) in [6, 6.07) is 7.50. The van der Waals surface area contributed by atoms with Crippen LogP contribution < -0.4 is 4.74 Å². The monoisotopic (exact) mass is 235 g/mol. The fourth-order valence-electron chi connectivity index (χ4n) is 1.30. The number of fused-ring (bicyclic) bond motifs is 1. The first-order chi connectivity index (χ1) is 7.81. The predicted octanol–water partition coefficient (Wildman–Crippen LogP) is 2.76. The highest BCUT2D eigenvalue weighted by Crippen LogP contribution is 2.32. The molecule has 0 radical (unpaired) electrons. The fraction of sp³-hybridized carbons (Fsp3) is 0.462. The average molecular weight is 235 g/mol. The summed E-state index contributed by atoms with van der Waals surface area (Å²) in [5.74, 6) is 0.340. The zero-order chi connectivity index (χ0) is 12.7. The highest BCUT2D eigenvalue weighted by molar-refractivity contribution is 5.82. The summed E-state index contributed by atoms with van der Waals surface area (Å²) in [6.07, 6.45) is 0. The Kier molecular flexibility index (Phi) is 2.62. The average Bonchev–Trinajstić information content (AvgIpc) is 2.60. The molecule has 0 amide bonds. The molecule has 0 aliphatic rings. The number of hydrogen-bond donors (Lipinski definition) is 1. The van der Waals surface area contributed by atoms with Crippen LogP contribution in [0.5, 0.6) is 5.95 Å². The molecule has 2 rings (SSSR count). The van der Waals surface area contributed by atoms with Gasteiger partial charge in [0.25, 0.3) is 0 Å². The minimum Gasteiger partial charge on any atom is -0.454 e. The van der Waals surface area contributed by atoms with Gasteiger partial charge in [-0.2, -0.15) is 0 Å². The van der Waals surface area contributed by atoms with Crippen LogP contribution in [-0.2, 0) is 0 Å². The fourth-order valence-corrected chi connectivity index (χ4v) is 1.30. The van der Waals surface area contributed by atoms with Gasteiger partial charge in [0.15, 0.2) is 0 Å². The van der Waals surface area contributed by atoms with Gasteiger partial charge in [-0.1, -0.05) is 17.3 Å². The Morgan fingerprint density at radius 2 is 1.82 bits per heavy atom. The number of nitrogens with zero attached hydrogens (tertiary/aromatic N) is 1. The van der Waals surface area contributed by atoms with Crippen LogP contribution in [0, 0.1) is 0 Å². The van der Waals surface area contributed by atoms with Gasteiger partial charge in [0.1, 0.15) is 11.1 Å². The lowest BCUT2D eigenvalue weighted by Gasteiger charge is -2.36. The lowest BCUT2D eigenvalue weighted by atomic mass is 9.89. The van der Waals surface area contributed by atoms with Crippen molar-refractivity contribution in [1.82, 2.24) is 5.16 Å². The summed E-state index contributed by atoms with van der Waals surface area (Å²) in [5.41, 5.74) is -1.01. The van der Waals surface area contributed by atoms with Crippen molar-refractivity contribution in [2.75, 3.05) is 0 Å². The molecule has 0 atom stereocenters. The summed E-state index contributed by atoms with van der Waals surface area (Å²) in [4.78, 5) is 0. The van der Waals surface area contributed by atoms with E-state index in [1.807, 2.05) is 38.1 Å². The second-order valence-electron chi connectivity index (χ2n) is 5.16. The molecular formula is C13H17NO3. The van der Waals surface area contributed by atoms with Crippen molar-refractivity contribution < 1.29 is 14.4 Å². The number of rotatable bonds is 3. The van der Waals surface area contributed by atoms with Gasteiger partial charge in [-0.05, 0) is 39.8 Å². The molecule has 1 aromatic carbocycles. The zero-order valence-electron chi connectivity index (χ0n) is 10.5. The van der Waals surface area contributed by atoms with Crippen molar-refractivity contribution in [2.45, 2.75) is 38.9 Å². The van der Waals surface area contributed by atoms with Gasteiger partial charge in [0.05, 0.1) is 11.0 Å². The molecule has 1 aromatic heterocycles. The highest BCUT2D eigenvalue weighted by Gasteiger charge is 2.38. The third-order valence-electron chi connectivity index (χ3n) is 3.17. The molecule has 0 aliphatic heterocycles. The van der Waals surface area contributed by atoms with Crippen LogP contribution >= 0.6 is 0 Å². The normalized spacial score (nSPS) is 13.0. The van der Waals surface area contributed by atoms with E-state index >= 15 is 0 Å². The Labute approximate surface area is 100 Å². The van der Waals surface area contributed by atoms with Crippen LogP contribution in [0.2, 0.25) is 0 Å². The lowest BCUT2D eigenvalue weighted by molar-refractivity contribution is -0.100. The quantitative estimate of drug-likeness (QED) is 0.888. The van der Waals surface area contributed by atoms with Gasteiger partial charge in [-0.25, -0.2) is 0 Å². The molecule has 2 aromatic rings. The second-order valence-corrected chi connectivity index (χ2v) is 5.16. The Balaban J connectivity index is 2.37. The van der Waals surface area contributed by atoms with Crippen molar-refractivity contribution in [3.8, 4) is 5.95 Å². The summed E-state index contributed by atoms with van der Waals surface area (Å²) in [5, 5.41) is 14.7. The first-order valence-corrected chi connectivity index (χ1v) is 5.57. The Morgan fingerprint density at radius 3 is 2.47 bits per heavy atom. The van der Waals surface area contributed by atoms with Crippen LogP contribution in [0.4, 0.5) is 0 Å². The number of aliphatic hydroxyl groups is 1. The maximum absolute atomic E-state index is 10.0. The van der Waals surface area contributed by atoms with E-state index in [4.69, 9.17) is 9.26 Å². The Morgan fingerprint density at radius 1 is 1.18 bits per heavy atom. The van der Waals surface area contributed by atoms with Crippen LogP contribution in [0.25, 0.3) is 10.9 Å². The Hall–Kier alpha value is -1.55. The molecule has 92 valence electrons. The molecule has 1 heterocycles. The lowest BCUT2D eigenvalue weighted by Crippen LogP contribution is -2.49. The van der Waals surface area contributed by atoms with Crippen molar-refractivity contribution in [2.24, 2.45) is 0 Å². The molecule has 0 aliphatic carbocycles. The van der Waals surface area contributed by atoms with Crippen molar-refractivity contribution >= 4 is 10.9 Å². The van der Waals surface area contributed by atoms with Gasteiger partial charge in [0, 0.05) is 0 Å². The van der Waals surface area contributed by atoms with Gasteiger partial charge >= 0.3 is 5.95 Å². The molecule has 0 fully saturated rings. The van der Waals surface area contributed by atoms with E-state index in [-0.39, 0.29) is 0 Å². The van der Waals surface area contributed by atoms with Crippen LogP contribution in [0.3, 0.4) is 0 Å². The Bertz CT molecular complexity index is 523. The predicted molar refractivity (Wildman–Crippen MR) is 65.0 cm³/mol. The van der Waals surface area contributed by atoms with E-state index in [1.165, 1.54) is 0 Å². The summed E-state index contributed by atoms with van der Waals surface area (Å²) in [7, 11) is 0. The molecule has 0 bridgehead atoms. The second kappa shape index (κ2) is 3.74. The zero-order valence-corrected chi connectivity index (χ0v) is 10.5. The van der Waals surface area contributed by atoms with E-state index in [0.29, 0.717) is 5.95 Å². The molecule has 0 saturated carbocycles. The number of ether oxygens (including phenoxy) is 1. The molecule has 0 spiro atoms. The van der Waals surface area contributed by atoms with Gasteiger partial charge in [-0.3, -0.25) is 0 Å². The number of benzene rings is 1. The van der Waals surface area contributed by atoms with Gasteiger partial charge in [-0.15, -0.1) is 0 Å². The standard InChI is InChI=1S/C13H17NO3/c1-12(2,15)13(3,4)16-11-9-7-5-6-8-10(9)14-17-11/h5-8,15H,1-4H3. The third-order valence-corrected chi connectivity index (χ3v) is 3.17. The summed E-state index contributed by atoms with van der Waals surface area (Å²) in [6.45, 7) is 7.02. The van der Waals surface area contributed by atoms with E-state index in [2.05, 4.69) is 5.16 Å². The largest absolute Gasteiger partial charge is 0.454 e. The smallest absolute Gasteiger partial charge is 0.319 e. The summed E-state index contributed by atoms with van der Waals surface area (Å²) < 4.78 is 10.9. The van der Waals surface area contributed by atoms with E-state index in [0.717, 1.165) is 10.9 Å². The topological polar surface area (TPSA) is 55.5 Å². The van der Waals surface area contributed by atoms with E-state index in [1.54, 1.807) is 13.8 Å². The molecule has 4 heteroatoms. The first kappa shape index (κ1) is 11.9. The van der Waals surface area contributed by atoms with Crippen molar-refractivity contribution in [1.29, 1.82) is 0 Å². The SMILES string of the molecule is CC(C)(O)C(C)(C)Oc1onc2ccccc12. The minimum absolute atomic E-state index is 0.340. The first-order valence-electron chi connectivity index (χ1n) is 5.57. The maximum Gasteiger partial charge on any atom is 0.319 e. The van der Waals surface area contributed by atoms with Crippen LogP contribution in [0.15, 0.2) is 28.8 Å². The van der Waals surface area contributed by atoms with Gasteiger partial charge < -0.3 is 14.4 Å². The maximum atomic E-state index is 10.0. The van der Waals surface area contributed by atoms with Crippen LogP contribution in [-0.4, -0.2) is 21.5 Å². The van der Waals surface area contributed by atoms with Crippen molar-refractivity contribution in [3.63, 3.8) is 0 Å². The summed E-state index contributed by atoms with van der Waals surface area (Å²) >= 11 is 0. The van der Waals surface area contributed by atoms with Crippen LogP contribution in [0.1, 0.15) is 27.7 Å². The minimum atomic E-state index is -0.985. The number of aromatic nitrogens is 1. The molecule has 0 unspecified atom stereocenters. The van der Waals surface area contributed by atoms with E-state index < -0.39 is 11.2 Å². The molecule has 17 heavy (non-hydrogen) atoms. The van der Waals surface area contributed by atoms with E-state index in [9.17, 15) is 5.11 Å². The molecule has 0 saturated heterocycles. The van der Waals surface area contributed by atoms with Crippen molar-refractivity contribution in [3.05, 3.63) is 24.3 Å².